The van der Waals surface area contributed by atoms with E-state index in [2.05, 4.69) is 15.3 Å². The zero-order chi connectivity index (χ0) is 13.7. The molecule has 2 atom stereocenters. The summed E-state index contributed by atoms with van der Waals surface area (Å²) in [7, 11) is 3.90. The fourth-order valence-corrected chi connectivity index (χ4v) is 3.06. The number of alkyl halides is 1. The second kappa shape index (κ2) is 6.94. The Kier molecular flexibility index (Phi) is 5.25. The topological polar surface area (TPSA) is 41.1 Å². The van der Waals surface area contributed by atoms with Gasteiger partial charge in [0.25, 0.3) is 0 Å². The Bertz CT molecular complexity index is 397. The van der Waals surface area contributed by atoms with E-state index in [0.717, 1.165) is 24.2 Å². The predicted molar refractivity (Wildman–Crippen MR) is 81.0 cm³/mol. The summed E-state index contributed by atoms with van der Waals surface area (Å²) >= 11 is 6.06. The molecule has 1 aromatic heterocycles. The summed E-state index contributed by atoms with van der Waals surface area (Å²) in [5, 5.41) is 3.44. The molecule has 5 heteroatoms. The van der Waals surface area contributed by atoms with Gasteiger partial charge in [-0.2, -0.15) is 4.98 Å². The Balaban J connectivity index is 1.92. The highest BCUT2D eigenvalue weighted by Crippen LogP contribution is 2.31. The van der Waals surface area contributed by atoms with E-state index in [1.807, 2.05) is 25.1 Å². The molecule has 4 nitrogen and oxygen atoms in total. The number of nitrogens with zero attached hydrogens (tertiary/aromatic N) is 3. The number of hydrogen-bond donors (Lipinski definition) is 1. The van der Waals surface area contributed by atoms with Crippen LogP contribution in [0.1, 0.15) is 25.7 Å². The summed E-state index contributed by atoms with van der Waals surface area (Å²) in [5.41, 5.74) is 0. The summed E-state index contributed by atoms with van der Waals surface area (Å²) in [4.78, 5) is 10.6. The van der Waals surface area contributed by atoms with Gasteiger partial charge in [0.1, 0.15) is 5.82 Å². The summed E-state index contributed by atoms with van der Waals surface area (Å²) in [6.07, 6.45) is 6.99. The van der Waals surface area contributed by atoms with E-state index in [0.29, 0.717) is 11.8 Å². The van der Waals surface area contributed by atoms with Crippen molar-refractivity contribution in [1.82, 2.24) is 9.97 Å². The lowest BCUT2D eigenvalue weighted by Gasteiger charge is -2.30. The van der Waals surface area contributed by atoms with Crippen molar-refractivity contribution in [2.75, 3.05) is 36.7 Å². The van der Waals surface area contributed by atoms with Gasteiger partial charge in [-0.15, -0.1) is 11.6 Å². The molecule has 0 aromatic carbocycles. The van der Waals surface area contributed by atoms with Crippen molar-refractivity contribution in [2.24, 2.45) is 11.8 Å². The molecule has 1 aliphatic carbocycles. The van der Waals surface area contributed by atoms with Crippen LogP contribution in [-0.2, 0) is 0 Å². The molecule has 1 saturated carbocycles. The maximum Gasteiger partial charge on any atom is 0.226 e. The average molecular weight is 283 g/mol. The maximum atomic E-state index is 6.06. The van der Waals surface area contributed by atoms with Crippen LogP contribution in [0.2, 0.25) is 0 Å². The van der Waals surface area contributed by atoms with Gasteiger partial charge < -0.3 is 10.2 Å². The maximum absolute atomic E-state index is 6.06. The number of nitrogens with one attached hydrogen (secondary N) is 1. The van der Waals surface area contributed by atoms with E-state index >= 15 is 0 Å². The highest BCUT2D eigenvalue weighted by atomic mass is 35.5. The van der Waals surface area contributed by atoms with Crippen LogP contribution in [0.15, 0.2) is 12.3 Å². The third-order valence-corrected chi connectivity index (χ3v) is 4.25. The zero-order valence-corrected chi connectivity index (χ0v) is 12.5. The molecule has 0 amide bonds. The van der Waals surface area contributed by atoms with Crippen LogP contribution in [-0.4, -0.2) is 36.5 Å². The number of aromatic nitrogens is 2. The minimum atomic E-state index is 0.651. The first-order chi connectivity index (χ1) is 9.20. The molecule has 0 aliphatic heterocycles. The highest BCUT2D eigenvalue weighted by Gasteiger charge is 2.24. The normalized spacial score (nSPS) is 23.1. The van der Waals surface area contributed by atoms with Crippen molar-refractivity contribution in [1.29, 1.82) is 0 Å². The number of hydrogen-bond acceptors (Lipinski definition) is 4. The molecule has 1 N–H and O–H groups in total. The fourth-order valence-electron chi connectivity index (χ4n) is 2.65. The van der Waals surface area contributed by atoms with Crippen LogP contribution in [0.25, 0.3) is 0 Å². The van der Waals surface area contributed by atoms with E-state index in [1.165, 1.54) is 25.7 Å². The lowest BCUT2D eigenvalue weighted by atomic mass is 9.80. The van der Waals surface area contributed by atoms with Crippen LogP contribution in [0, 0.1) is 11.8 Å². The molecule has 106 valence electrons. The Morgan fingerprint density at radius 2 is 2.05 bits per heavy atom. The van der Waals surface area contributed by atoms with Crippen molar-refractivity contribution in [3.8, 4) is 0 Å². The molecule has 19 heavy (non-hydrogen) atoms. The minimum Gasteiger partial charge on any atom is -0.370 e. The number of anilines is 2. The van der Waals surface area contributed by atoms with Gasteiger partial charge in [0.15, 0.2) is 0 Å². The van der Waals surface area contributed by atoms with E-state index in [9.17, 15) is 0 Å². The molecule has 1 heterocycles. The smallest absolute Gasteiger partial charge is 0.226 e. The van der Waals surface area contributed by atoms with Gasteiger partial charge in [-0.1, -0.05) is 12.8 Å². The fraction of sp³-hybridized carbons (Fsp3) is 0.714. The molecule has 0 radical (unpaired) electrons. The van der Waals surface area contributed by atoms with Crippen molar-refractivity contribution in [3.05, 3.63) is 12.3 Å². The summed E-state index contributed by atoms with van der Waals surface area (Å²) in [6, 6.07) is 1.92. The lowest BCUT2D eigenvalue weighted by molar-refractivity contribution is 0.272. The molecule has 0 saturated heterocycles. The molecular formula is C14H23ClN4. The minimum absolute atomic E-state index is 0.651. The molecule has 1 aromatic rings. The van der Waals surface area contributed by atoms with E-state index in [1.54, 1.807) is 6.20 Å². The van der Waals surface area contributed by atoms with Gasteiger partial charge in [-0.3, -0.25) is 0 Å². The second-order valence-electron chi connectivity index (χ2n) is 5.48. The average Bonchev–Trinajstić information content (AvgIpc) is 2.45. The standard InChI is InChI=1S/C14H23ClN4/c1-19(2)14-16-8-7-13(18-14)17-10-12-6-4-3-5-11(12)9-15/h7-8,11-12H,3-6,9-10H2,1-2H3,(H,16,17,18). The van der Waals surface area contributed by atoms with Crippen molar-refractivity contribution in [2.45, 2.75) is 25.7 Å². The molecule has 1 fully saturated rings. The third kappa shape index (κ3) is 3.96. The monoisotopic (exact) mass is 282 g/mol. The van der Waals surface area contributed by atoms with Gasteiger partial charge >= 0.3 is 0 Å². The lowest BCUT2D eigenvalue weighted by Crippen LogP contribution is -2.27. The molecule has 2 rings (SSSR count). The molecule has 0 spiro atoms. The van der Waals surface area contributed by atoms with Crippen molar-refractivity contribution < 1.29 is 0 Å². The van der Waals surface area contributed by atoms with Crippen LogP contribution >= 0.6 is 11.6 Å². The predicted octanol–water partition coefficient (Wildman–Crippen LogP) is 3.00. The first kappa shape index (κ1) is 14.4. The number of rotatable bonds is 5. The summed E-state index contributed by atoms with van der Waals surface area (Å²) in [5.74, 6) is 3.74. The Morgan fingerprint density at radius 3 is 2.74 bits per heavy atom. The van der Waals surface area contributed by atoms with E-state index in [-0.39, 0.29) is 0 Å². The Hall–Kier alpha value is -1.03. The van der Waals surface area contributed by atoms with Gasteiger partial charge in [0.05, 0.1) is 0 Å². The molecule has 1 aliphatic rings. The van der Waals surface area contributed by atoms with Crippen LogP contribution in [0.4, 0.5) is 11.8 Å². The first-order valence-electron chi connectivity index (χ1n) is 7.01. The Morgan fingerprint density at radius 1 is 1.32 bits per heavy atom. The summed E-state index contributed by atoms with van der Waals surface area (Å²) in [6.45, 7) is 0.960. The van der Waals surface area contributed by atoms with Crippen LogP contribution < -0.4 is 10.2 Å². The SMILES string of the molecule is CN(C)c1nccc(NCC2CCCCC2CCl)n1. The third-order valence-electron chi connectivity index (χ3n) is 3.85. The number of halogens is 1. The zero-order valence-electron chi connectivity index (χ0n) is 11.8. The van der Waals surface area contributed by atoms with Gasteiger partial charge in [-0.05, 0) is 30.7 Å². The van der Waals surface area contributed by atoms with Crippen LogP contribution in [0.5, 0.6) is 0 Å². The van der Waals surface area contributed by atoms with Crippen molar-refractivity contribution >= 4 is 23.4 Å². The van der Waals surface area contributed by atoms with E-state index < -0.39 is 0 Å². The quantitative estimate of drug-likeness (QED) is 0.843. The van der Waals surface area contributed by atoms with Gasteiger partial charge in [-0.25, -0.2) is 4.98 Å². The highest BCUT2D eigenvalue weighted by molar-refractivity contribution is 6.18. The van der Waals surface area contributed by atoms with E-state index in [4.69, 9.17) is 11.6 Å². The molecule has 0 bridgehead atoms. The first-order valence-corrected chi connectivity index (χ1v) is 7.54. The molecule has 2 unspecified atom stereocenters. The largest absolute Gasteiger partial charge is 0.370 e. The Labute approximate surface area is 120 Å². The van der Waals surface area contributed by atoms with Crippen molar-refractivity contribution in [3.63, 3.8) is 0 Å². The second-order valence-corrected chi connectivity index (χ2v) is 5.78. The van der Waals surface area contributed by atoms with Crippen LogP contribution in [0.3, 0.4) is 0 Å². The van der Waals surface area contributed by atoms with Gasteiger partial charge in [0.2, 0.25) is 5.95 Å². The van der Waals surface area contributed by atoms with Gasteiger partial charge in [0, 0.05) is 32.7 Å². The summed E-state index contributed by atoms with van der Waals surface area (Å²) < 4.78 is 0. The molecular weight excluding hydrogens is 260 g/mol.